The second kappa shape index (κ2) is 6.88. The molecule has 1 aromatic carbocycles. The Morgan fingerprint density at radius 1 is 1.17 bits per heavy atom. The van der Waals surface area contributed by atoms with Gasteiger partial charge >= 0.3 is 0 Å². The van der Waals surface area contributed by atoms with Crippen molar-refractivity contribution in [1.82, 2.24) is 4.98 Å². The number of aromatic nitrogens is 1. The zero-order valence-electron chi connectivity index (χ0n) is 12.5. The third-order valence-electron chi connectivity index (χ3n) is 3.55. The third-order valence-corrected chi connectivity index (χ3v) is 3.55. The number of carbonyl (C=O) groups is 1. The molecule has 5 nitrogen and oxygen atoms in total. The number of rotatable bonds is 4. The molecule has 1 aliphatic heterocycles. The minimum Gasteiger partial charge on any atom is -0.368 e. The Labute approximate surface area is 135 Å². The van der Waals surface area contributed by atoms with Gasteiger partial charge in [-0.1, -0.05) is 0 Å². The third kappa shape index (κ3) is 3.48. The first-order chi connectivity index (χ1) is 11.5. The van der Waals surface area contributed by atoms with Crippen molar-refractivity contribution >= 4 is 23.1 Å². The predicted molar refractivity (Wildman–Crippen MR) is 81.4 cm³/mol. The fourth-order valence-electron chi connectivity index (χ4n) is 2.31. The van der Waals surface area contributed by atoms with Gasteiger partial charge in [-0.2, -0.15) is 0 Å². The lowest BCUT2D eigenvalue weighted by Crippen LogP contribution is -2.26. The zero-order valence-corrected chi connectivity index (χ0v) is 12.5. The summed E-state index contributed by atoms with van der Waals surface area (Å²) in [7, 11) is 0. The molecule has 2 aromatic rings. The second-order valence-corrected chi connectivity index (χ2v) is 5.27. The maximum absolute atomic E-state index is 13.6. The normalized spacial score (nSPS) is 16.9. The minimum absolute atomic E-state index is 0.218. The summed E-state index contributed by atoms with van der Waals surface area (Å²) in [5.41, 5.74) is 0.212. The van der Waals surface area contributed by atoms with Crippen LogP contribution in [0.2, 0.25) is 0 Å². The van der Waals surface area contributed by atoms with Crippen LogP contribution in [0.25, 0.3) is 0 Å². The first kappa shape index (κ1) is 16.3. The van der Waals surface area contributed by atoms with Gasteiger partial charge in [0.1, 0.15) is 11.9 Å². The molecule has 1 fully saturated rings. The van der Waals surface area contributed by atoms with Gasteiger partial charge in [0.15, 0.2) is 17.5 Å². The zero-order chi connectivity index (χ0) is 17.1. The Morgan fingerprint density at radius 2 is 2.00 bits per heavy atom. The Bertz CT molecular complexity index is 747. The van der Waals surface area contributed by atoms with Crippen molar-refractivity contribution in [2.75, 3.05) is 17.2 Å². The standard InChI is InChI=1S/C16H14F3N3O2/c17-10-4-5-11(15(19)14(10)18)22-13-6-3-9(8-20-13)21-16(23)12-2-1-7-24-12/h3-6,8,12H,1-2,7H2,(H,20,22)(H,21,23). The van der Waals surface area contributed by atoms with Crippen molar-refractivity contribution in [2.24, 2.45) is 0 Å². The fourth-order valence-corrected chi connectivity index (χ4v) is 2.31. The van der Waals surface area contributed by atoms with E-state index in [0.29, 0.717) is 18.7 Å². The van der Waals surface area contributed by atoms with Crippen LogP contribution in [0, 0.1) is 17.5 Å². The topological polar surface area (TPSA) is 63.2 Å². The van der Waals surface area contributed by atoms with Gasteiger partial charge in [-0.15, -0.1) is 0 Å². The molecular formula is C16H14F3N3O2. The van der Waals surface area contributed by atoms with E-state index < -0.39 is 23.6 Å². The first-order valence-electron chi connectivity index (χ1n) is 7.33. The fraction of sp³-hybridized carbons (Fsp3) is 0.250. The Hall–Kier alpha value is -2.61. The lowest BCUT2D eigenvalue weighted by molar-refractivity contribution is -0.124. The highest BCUT2D eigenvalue weighted by Gasteiger charge is 2.23. The molecule has 0 bridgehead atoms. The lowest BCUT2D eigenvalue weighted by Gasteiger charge is -2.11. The molecule has 126 valence electrons. The number of hydrogen-bond donors (Lipinski definition) is 2. The monoisotopic (exact) mass is 337 g/mol. The van der Waals surface area contributed by atoms with Gasteiger partial charge in [-0.25, -0.2) is 18.2 Å². The number of anilines is 3. The molecule has 1 aliphatic rings. The van der Waals surface area contributed by atoms with Crippen LogP contribution in [-0.2, 0) is 9.53 Å². The minimum atomic E-state index is -1.56. The van der Waals surface area contributed by atoms with Crippen LogP contribution in [0.15, 0.2) is 30.5 Å². The number of ether oxygens (including phenoxy) is 1. The Morgan fingerprint density at radius 3 is 2.67 bits per heavy atom. The summed E-state index contributed by atoms with van der Waals surface area (Å²) in [5, 5.41) is 5.21. The van der Waals surface area contributed by atoms with Crippen LogP contribution < -0.4 is 10.6 Å². The van der Waals surface area contributed by atoms with E-state index in [9.17, 15) is 18.0 Å². The highest BCUT2D eigenvalue weighted by Crippen LogP contribution is 2.23. The number of benzene rings is 1. The molecule has 1 unspecified atom stereocenters. The van der Waals surface area contributed by atoms with E-state index in [2.05, 4.69) is 15.6 Å². The maximum atomic E-state index is 13.6. The van der Waals surface area contributed by atoms with Crippen LogP contribution in [0.5, 0.6) is 0 Å². The highest BCUT2D eigenvalue weighted by molar-refractivity contribution is 5.94. The number of nitrogens with zero attached hydrogens (tertiary/aromatic N) is 1. The summed E-state index contributed by atoms with van der Waals surface area (Å²) in [6.45, 7) is 0.568. The van der Waals surface area contributed by atoms with Crippen LogP contribution >= 0.6 is 0 Å². The Balaban J connectivity index is 1.66. The molecule has 2 heterocycles. The van der Waals surface area contributed by atoms with Gasteiger partial charge in [0.05, 0.1) is 17.6 Å². The number of halogens is 3. The number of amides is 1. The van der Waals surface area contributed by atoms with Crippen LogP contribution in [0.3, 0.4) is 0 Å². The van der Waals surface area contributed by atoms with Crippen molar-refractivity contribution < 1.29 is 22.7 Å². The van der Waals surface area contributed by atoms with Gasteiger partial charge in [0.2, 0.25) is 0 Å². The smallest absolute Gasteiger partial charge is 0.253 e. The number of nitrogens with one attached hydrogen (secondary N) is 2. The number of carbonyl (C=O) groups excluding carboxylic acids is 1. The SMILES string of the molecule is O=C(Nc1ccc(Nc2ccc(F)c(F)c2F)nc1)C1CCCO1. The summed E-state index contributed by atoms with van der Waals surface area (Å²) in [4.78, 5) is 15.9. The molecule has 1 aromatic heterocycles. The van der Waals surface area contributed by atoms with E-state index in [0.717, 1.165) is 18.6 Å². The van der Waals surface area contributed by atoms with Gasteiger partial charge in [-0.3, -0.25) is 4.79 Å². The van der Waals surface area contributed by atoms with Crippen LogP contribution in [-0.4, -0.2) is 23.6 Å². The van der Waals surface area contributed by atoms with E-state index in [1.807, 2.05) is 0 Å². The van der Waals surface area contributed by atoms with E-state index in [4.69, 9.17) is 4.74 Å². The second-order valence-electron chi connectivity index (χ2n) is 5.27. The number of pyridine rings is 1. The largest absolute Gasteiger partial charge is 0.368 e. The van der Waals surface area contributed by atoms with E-state index in [1.54, 1.807) is 6.07 Å². The summed E-state index contributed by atoms with van der Waals surface area (Å²) >= 11 is 0. The summed E-state index contributed by atoms with van der Waals surface area (Å²) < 4.78 is 44.9. The van der Waals surface area contributed by atoms with Crippen LogP contribution in [0.1, 0.15) is 12.8 Å². The van der Waals surface area contributed by atoms with Gasteiger partial charge in [-0.05, 0) is 37.1 Å². The molecule has 0 radical (unpaired) electrons. The maximum Gasteiger partial charge on any atom is 0.253 e. The molecule has 1 amide bonds. The predicted octanol–water partition coefficient (Wildman–Crippen LogP) is 3.36. The number of hydrogen-bond acceptors (Lipinski definition) is 4. The van der Waals surface area contributed by atoms with Crippen LogP contribution in [0.4, 0.5) is 30.4 Å². The molecular weight excluding hydrogens is 323 g/mol. The van der Waals surface area contributed by atoms with Gasteiger partial charge in [0.25, 0.3) is 5.91 Å². The molecule has 8 heteroatoms. The van der Waals surface area contributed by atoms with Crippen molar-refractivity contribution in [3.63, 3.8) is 0 Å². The first-order valence-corrected chi connectivity index (χ1v) is 7.33. The van der Waals surface area contributed by atoms with E-state index in [-0.39, 0.29) is 17.4 Å². The summed E-state index contributed by atoms with van der Waals surface area (Å²) in [6, 6.07) is 4.92. The van der Waals surface area contributed by atoms with E-state index >= 15 is 0 Å². The average Bonchev–Trinajstić information content (AvgIpc) is 3.12. The molecule has 1 atom stereocenters. The molecule has 0 spiro atoms. The van der Waals surface area contributed by atoms with Gasteiger partial charge in [0, 0.05) is 6.61 Å². The molecule has 24 heavy (non-hydrogen) atoms. The van der Waals surface area contributed by atoms with Gasteiger partial charge < -0.3 is 15.4 Å². The molecule has 1 saturated heterocycles. The molecule has 2 N–H and O–H groups in total. The van der Waals surface area contributed by atoms with Crippen molar-refractivity contribution in [1.29, 1.82) is 0 Å². The Kier molecular flexibility index (Phi) is 4.66. The van der Waals surface area contributed by atoms with E-state index in [1.165, 1.54) is 12.3 Å². The average molecular weight is 337 g/mol. The van der Waals surface area contributed by atoms with Crippen molar-refractivity contribution in [3.05, 3.63) is 47.9 Å². The summed E-state index contributed by atoms with van der Waals surface area (Å²) in [6.07, 6.45) is 2.43. The molecule has 0 aliphatic carbocycles. The van der Waals surface area contributed by atoms with Crippen molar-refractivity contribution in [3.8, 4) is 0 Å². The summed E-state index contributed by atoms with van der Waals surface area (Å²) in [5.74, 6) is -4.18. The highest BCUT2D eigenvalue weighted by atomic mass is 19.2. The molecule has 3 rings (SSSR count). The molecule has 0 saturated carbocycles. The van der Waals surface area contributed by atoms with Crippen molar-refractivity contribution in [2.45, 2.75) is 18.9 Å². The lowest BCUT2D eigenvalue weighted by atomic mass is 10.2. The quantitative estimate of drug-likeness (QED) is 0.840.